The second kappa shape index (κ2) is 9.48. The topological polar surface area (TPSA) is 23.6 Å². The molecule has 0 unspecified atom stereocenters. The summed E-state index contributed by atoms with van der Waals surface area (Å²) < 4.78 is 13.0. The maximum Gasteiger partial charge on any atom is 0.227 e. The van der Waals surface area contributed by atoms with Crippen LogP contribution in [0, 0.1) is 5.82 Å². The second-order valence-electron chi connectivity index (χ2n) is 6.97. The zero-order valence-electron chi connectivity index (χ0n) is 15.2. The smallest absolute Gasteiger partial charge is 0.227 e. The van der Waals surface area contributed by atoms with Crippen molar-refractivity contribution in [2.24, 2.45) is 0 Å². The zero-order chi connectivity index (χ0) is 18.2. The van der Waals surface area contributed by atoms with Crippen LogP contribution in [0.5, 0.6) is 0 Å². The average molecular weight is 354 g/mol. The van der Waals surface area contributed by atoms with Crippen molar-refractivity contribution in [3.8, 4) is 0 Å². The Labute approximate surface area is 155 Å². The predicted molar refractivity (Wildman–Crippen MR) is 103 cm³/mol. The Bertz CT molecular complexity index is 687. The molecule has 0 saturated carbocycles. The number of hydrogen-bond acceptors (Lipinski definition) is 2. The monoisotopic (exact) mass is 354 g/mol. The first-order chi connectivity index (χ1) is 12.7. The number of rotatable bonds is 6. The molecule has 26 heavy (non-hydrogen) atoms. The molecule has 1 fully saturated rings. The van der Waals surface area contributed by atoms with Crippen molar-refractivity contribution in [2.45, 2.75) is 25.7 Å². The van der Waals surface area contributed by atoms with Crippen LogP contribution in [0.2, 0.25) is 0 Å². The molecule has 3 rings (SSSR count). The molecular weight excluding hydrogens is 327 g/mol. The maximum atomic E-state index is 13.0. The van der Waals surface area contributed by atoms with Gasteiger partial charge in [0.1, 0.15) is 5.82 Å². The third-order valence-corrected chi connectivity index (χ3v) is 4.99. The first-order valence-corrected chi connectivity index (χ1v) is 9.49. The summed E-state index contributed by atoms with van der Waals surface area (Å²) >= 11 is 0. The van der Waals surface area contributed by atoms with Crippen LogP contribution in [0.3, 0.4) is 0 Å². The quantitative estimate of drug-likeness (QED) is 0.792. The lowest BCUT2D eigenvalue weighted by atomic mass is 10.1. The Hall–Kier alpha value is -2.20. The minimum Gasteiger partial charge on any atom is -0.341 e. The van der Waals surface area contributed by atoms with Gasteiger partial charge in [-0.1, -0.05) is 42.5 Å². The fourth-order valence-corrected chi connectivity index (χ4v) is 3.48. The van der Waals surface area contributed by atoms with E-state index in [0.29, 0.717) is 6.42 Å². The van der Waals surface area contributed by atoms with Crippen LogP contribution in [0.1, 0.15) is 24.0 Å². The van der Waals surface area contributed by atoms with E-state index in [2.05, 4.69) is 35.2 Å². The van der Waals surface area contributed by atoms with Gasteiger partial charge in [-0.25, -0.2) is 4.39 Å². The van der Waals surface area contributed by atoms with E-state index in [-0.39, 0.29) is 11.7 Å². The number of halogens is 1. The number of benzene rings is 2. The molecule has 0 aromatic heterocycles. The van der Waals surface area contributed by atoms with Crippen LogP contribution in [0.25, 0.3) is 0 Å². The van der Waals surface area contributed by atoms with Crippen molar-refractivity contribution >= 4 is 5.91 Å². The Balaban J connectivity index is 1.42. The van der Waals surface area contributed by atoms with E-state index in [1.165, 1.54) is 17.7 Å². The molecule has 1 amide bonds. The van der Waals surface area contributed by atoms with E-state index in [1.807, 2.05) is 4.90 Å². The highest BCUT2D eigenvalue weighted by Gasteiger charge is 2.19. The van der Waals surface area contributed by atoms with E-state index in [9.17, 15) is 9.18 Å². The summed E-state index contributed by atoms with van der Waals surface area (Å²) in [5, 5.41) is 0. The van der Waals surface area contributed by atoms with Gasteiger partial charge in [-0.3, -0.25) is 4.79 Å². The van der Waals surface area contributed by atoms with Gasteiger partial charge in [0.2, 0.25) is 5.91 Å². The van der Waals surface area contributed by atoms with Crippen LogP contribution in [0.15, 0.2) is 54.6 Å². The molecule has 1 heterocycles. The van der Waals surface area contributed by atoms with E-state index in [1.54, 1.807) is 12.1 Å². The van der Waals surface area contributed by atoms with Crippen molar-refractivity contribution in [1.82, 2.24) is 9.80 Å². The molecule has 2 aromatic rings. The van der Waals surface area contributed by atoms with Crippen LogP contribution >= 0.6 is 0 Å². The summed E-state index contributed by atoms with van der Waals surface area (Å²) in [6, 6.07) is 16.8. The molecule has 1 aliphatic rings. The summed E-state index contributed by atoms with van der Waals surface area (Å²) in [7, 11) is 0. The first-order valence-electron chi connectivity index (χ1n) is 9.49. The average Bonchev–Trinajstić information content (AvgIpc) is 2.90. The molecular formula is C22H27FN2O. The van der Waals surface area contributed by atoms with Crippen LogP contribution in [0.4, 0.5) is 4.39 Å². The molecule has 1 aliphatic heterocycles. The highest BCUT2D eigenvalue weighted by molar-refractivity contribution is 5.78. The fourth-order valence-electron chi connectivity index (χ4n) is 3.48. The minimum absolute atomic E-state index is 0.141. The third-order valence-electron chi connectivity index (χ3n) is 4.99. The van der Waals surface area contributed by atoms with Crippen LogP contribution < -0.4 is 0 Å². The van der Waals surface area contributed by atoms with Gasteiger partial charge < -0.3 is 9.80 Å². The van der Waals surface area contributed by atoms with Crippen LogP contribution in [-0.4, -0.2) is 48.4 Å². The minimum atomic E-state index is -0.262. The molecule has 0 aliphatic carbocycles. The Kier molecular flexibility index (Phi) is 6.78. The lowest BCUT2D eigenvalue weighted by molar-refractivity contribution is -0.130. The van der Waals surface area contributed by atoms with Gasteiger partial charge in [-0.15, -0.1) is 0 Å². The molecule has 3 nitrogen and oxygen atoms in total. The molecule has 0 bridgehead atoms. The van der Waals surface area contributed by atoms with Gasteiger partial charge >= 0.3 is 0 Å². The highest BCUT2D eigenvalue weighted by atomic mass is 19.1. The number of amides is 1. The van der Waals surface area contributed by atoms with E-state index >= 15 is 0 Å². The van der Waals surface area contributed by atoms with Crippen molar-refractivity contribution in [2.75, 3.05) is 32.7 Å². The summed E-state index contributed by atoms with van der Waals surface area (Å²) in [6.45, 7) is 4.66. The number of aryl methyl sites for hydroxylation is 1. The molecule has 0 N–H and O–H groups in total. The molecule has 0 spiro atoms. The largest absolute Gasteiger partial charge is 0.341 e. The van der Waals surface area contributed by atoms with Gasteiger partial charge in [0.15, 0.2) is 0 Å². The Morgan fingerprint density at radius 2 is 1.65 bits per heavy atom. The van der Waals surface area contributed by atoms with Crippen molar-refractivity contribution in [1.29, 1.82) is 0 Å². The lowest BCUT2D eigenvalue weighted by Gasteiger charge is -2.22. The Morgan fingerprint density at radius 1 is 0.885 bits per heavy atom. The third kappa shape index (κ3) is 5.67. The van der Waals surface area contributed by atoms with Gasteiger partial charge in [0, 0.05) is 19.6 Å². The Morgan fingerprint density at radius 3 is 2.42 bits per heavy atom. The summed E-state index contributed by atoms with van der Waals surface area (Å²) in [5.74, 6) is -0.121. The number of carbonyl (C=O) groups excluding carboxylic acids is 1. The second-order valence-corrected chi connectivity index (χ2v) is 6.97. The van der Waals surface area contributed by atoms with Crippen LogP contribution in [-0.2, 0) is 17.6 Å². The lowest BCUT2D eigenvalue weighted by Crippen LogP contribution is -2.36. The number of hydrogen-bond donors (Lipinski definition) is 0. The summed E-state index contributed by atoms with van der Waals surface area (Å²) in [4.78, 5) is 16.9. The fraction of sp³-hybridized carbons (Fsp3) is 0.409. The standard InChI is InChI=1S/C22H27FN2O/c23-21-11-9-20(10-12-21)18-22(26)25-15-5-14-24(16-17-25)13-4-8-19-6-2-1-3-7-19/h1-3,6-7,9-12H,4-5,8,13-18H2. The van der Waals surface area contributed by atoms with E-state index in [4.69, 9.17) is 0 Å². The number of nitrogens with zero attached hydrogens (tertiary/aromatic N) is 2. The van der Waals surface area contributed by atoms with Gasteiger partial charge in [-0.2, -0.15) is 0 Å². The zero-order valence-corrected chi connectivity index (χ0v) is 15.2. The van der Waals surface area contributed by atoms with Crippen molar-refractivity contribution < 1.29 is 9.18 Å². The normalized spacial score (nSPS) is 15.7. The molecule has 138 valence electrons. The number of carbonyl (C=O) groups is 1. The molecule has 1 saturated heterocycles. The predicted octanol–water partition coefficient (Wildman–Crippen LogP) is 3.54. The summed E-state index contributed by atoms with van der Waals surface area (Å²) in [6.07, 6.45) is 3.62. The summed E-state index contributed by atoms with van der Waals surface area (Å²) in [5.41, 5.74) is 2.26. The molecule has 4 heteroatoms. The molecule has 0 radical (unpaired) electrons. The highest BCUT2D eigenvalue weighted by Crippen LogP contribution is 2.10. The van der Waals surface area contributed by atoms with Gasteiger partial charge in [-0.05, 0) is 55.6 Å². The van der Waals surface area contributed by atoms with E-state index in [0.717, 1.165) is 57.5 Å². The van der Waals surface area contributed by atoms with Crippen molar-refractivity contribution in [3.63, 3.8) is 0 Å². The SMILES string of the molecule is O=C(Cc1ccc(F)cc1)N1CCCN(CCCc2ccccc2)CC1. The first kappa shape index (κ1) is 18.6. The van der Waals surface area contributed by atoms with Gasteiger partial charge in [0.25, 0.3) is 0 Å². The maximum absolute atomic E-state index is 13.0. The van der Waals surface area contributed by atoms with E-state index < -0.39 is 0 Å². The molecule has 0 atom stereocenters. The molecule has 2 aromatic carbocycles. The van der Waals surface area contributed by atoms with Gasteiger partial charge in [0.05, 0.1) is 6.42 Å². The van der Waals surface area contributed by atoms with Crippen molar-refractivity contribution in [3.05, 3.63) is 71.5 Å².